The number of nitrogens with one attached hydrogen (secondary N) is 1. The second kappa shape index (κ2) is 20.9. The van der Waals surface area contributed by atoms with Crippen LogP contribution < -0.4 is 19.3 Å². The van der Waals surface area contributed by atoms with Gasteiger partial charge in [0.05, 0.1) is 48.2 Å². The molecule has 0 atom stereocenters. The van der Waals surface area contributed by atoms with Crippen LogP contribution in [0.15, 0.2) is 152 Å². The maximum Gasteiger partial charge on any atom is 0.422 e. The second-order valence-corrected chi connectivity index (χ2v) is 17.0. The Morgan fingerprint density at radius 3 is 1.42 bits per heavy atom. The molecule has 0 spiro atoms. The number of nitrogens with zero attached hydrogens (tertiary/aromatic N) is 9. The van der Waals surface area contributed by atoms with E-state index in [9.17, 15) is 26.3 Å². The smallest absolute Gasteiger partial charge is 0.422 e. The number of pyridine rings is 4. The number of halogens is 6. The van der Waals surface area contributed by atoms with E-state index in [0.29, 0.717) is 83.8 Å². The third-order valence-corrected chi connectivity index (χ3v) is 12.3. The molecule has 374 valence electrons. The summed E-state index contributed by atoms with van der Waals surface area (Å²) in [7, 11) is 0. The second-order valence-electron chi connectivity index (χ2n) is 17.0. The average molecular weight is 1000 g/mol. The highest BCUT2D eigenvalue weighted by molar-refractivity contribution is 5.98. The molecule has 0 aliphatic carbocycles. The molecule has 14 nitrogen and oxygen atoms in total. The highest BCUT2D eigenvalue weighted by atomic mass is 19.4. The van der Waals surface area contributed by atoms with Crippen molar-refractivity contribution in [3.63, 3.8) is 0 Å². The number of anilines is 2. The van der Waals surface area contributed by atoms with Crippen LogP contribution in [-0.2, 0) is 15.0 Å². The van der Waals surface area contributed by atoms with Crippen molar-refractivity contribution in [2.24, 2.45) is 0 Å². The highest BCUT2D eigenvalue weighted by Crippen LogP contribution is 2.46. The summed E-state index contributed by atoms with van der Waals surface area (Å²) in [6.45, 7) is 2.29. The van der Waals surface area contributed by atoms with Crippen LogP contribution >= 0.6 is 0 Å². The lowest BCUT2D eigenvalue weighted by Gasteiger charge is -2.37. The molecule has 0 radical (unpaired) electrons. The molecule has 0 bridgehead atoms. The van der Waals surface area contributed by atoms with Crippen LogP contribution in [0.1, 0.15) is 16.7 Å². The molecule has 0 saturated carbocycles. The topological polar surface area (TPSA) is 141 Å². The van der Waals surface area contributed by atoms with E-state index >= 15 is 0 Å². The number of aromatic nitrogens is 8. The van der Waals surface area contributed by atoms with E-state index in [4.69, 9.17) is 24.0 Å². The lowest BCUT2D eigenvalue weighted by atomic mass is 9.77. The Hall–Kier alpha value is -8.10. The number of hydrogen-bond donors (Lipinski definition) is 1. The van der Waals surface area contributed by atoms with Crippen molar-refractivity contribution in [2.45, 2.75) is 17.9 Å². The molecule has 1 N–H and O–H groups in total. The number of rotatable bonds is 12. The molecular weight excluding hydrogens is 955 g/mol. The number of aromatic amines is 1. The normalized spacial score (nSPS) is 14.5. The Kier molecular flexibility index (Phi) is 13.9. The number of hydrogen-bond acceptors (Lipinski definition) is 12. The van der Waals surface area contributed by atoms with Gasteiger partial charge < -0.3 is 28.7 Å². The van der Waals surface area contributed by atoms with Gasteiger partial charge in [-0.1, -0.05) is 91.0 Å². The molecule has 6 aromatic heterocycles. The standard InChI is InChI=1S/C36H30F3N5O2.C17H16F3N5O2/c37-35(38,39)25-46-34-32-30(17-19-41-34)44(42-33(32)26-16-18-40-31(24-26)43-20-22-45-23-21-43)36(27-10-4-1-5-11-27,28-12-6-2-7-13-28)29-14-8-3-9-15-29;18-17(19,20)10-27-16-14-12(2-4-22-16)23-24-15(14)11-1-3-21-13(9-11)25-5-7-26-8-6-25/h1-19,24H,20-23,25H2;1-4,9H,5-8,10H2,(H,23,24). The predicted molar refractivity (Wildman–Crippen MR) is 262 cm³/mol. The first-order valence-corrected chi connectivity index (χ1v) is 23.3. The van der Waals surface area contributed by atoms with Crippen LogP contribution in [-0.4, -0.2) is 118 Å². The van der Waals surface area contributed by atoms with Crippen LogP contribution in [0.2, 0.25) is 0 Å². The molecular formula is C53H46F6N10O4. The summed E-state index contributed by atoms with van der Waals surface area (Å²) in [4.78, 5) is 21.4. The first kappa shape index (κ1) is 48.5. The zero-order valence-corrected chi connectivity index (χ0v) is 38.9. The van der Waals surface area contributed by atoms with E-state index in [-0.39, 0.29) is 11.8 Å². The Bertz CT molecular complexity index is 3180. The third-order valence-electron chi connectivity index (χ3n) is 12.3. The van der Waals surface area contributed by atoms with Gasteiger partial charge in [-0.15, -0.1) is 0 Å². The van der Waals surface area contributed by atoms with E-state index < -0.39 is 31.1 Å². The van der Waals surface area contributed by atoms with Crippen LogP contribution in [0.4, 0.5) is 38.0 Å². The van der Waals surface area contributed by atoms with E-state index in [1.807, 2.05) is 114 Å². The van der Waals surface area contributed by atoms with Crippen LogP contribution in [0.3, 0.4) is 0 Å². The first-order valence-electron chi connectivity index (χ1n) is 23.3. The summed E-state index contributed by atoms with van der Waals surface area (Å²) in [5, 5.41) is 13.2. The van der Waals surface area contributed by atoms with Crippen molar-refractivity contribution in [1.82, 2.24) is 39.9 Å². The quantitative estimate of drug-likeness (QED) is 0.0920. The molecule has 2 saturated heterocycles. The molecule has 11 rings (SSSR count). The van der Waals surface area contributed by atoms with Gasteiger partial charge in [0, 0.05) is 62.1 Å². The summed E-state index contributed by atoms with van der Waals surface area (Å²) in [6, 6.07) is 40.7. The number of benzene rings is 3. The molecule has 0 unspecified atom stereocenters. The minimum Gasteiger partial charge on any atom is -0.467 e. The lowest BCUT2D eigenvalue weighted by Crippen LogP contribution is -2.38. The summed E-state index contributed by atoms with van der Waals surface area (Å²) < 4.78 is 101. The fraction of sp³-hybridized carbons (Fsp3) is 0.245. The summed E-state index contributed by atoms with van der Waals surface area (Å²) in [6.07, 6.45) is -2.82. The SMILES string of the molecule is FC(F)(F)COc1nccc2[nH]nc(-c3ccnc(N4CCOCC4)c3)c12.FC(F)(F)COc1nccc2c1c(-c1ccnc(N3CCOCC3)c1)nn2C(c1ccccc1)(c1ccccc1)c1ccccc1. The molecule has 8 heterocycles. The van der Waals surface area contributed by atoms with Crippen molar-refractivity contribution < 1.29 is 45.3 Å². The van der Waals surface area contributed by atoms with Crippen molar-refractivity contribution in [2.75, 3.05) is 75.6 Å². The summed E-state index contributed by atoms with van der Waals surface area (Å²) >= 11 is 0. The van der Waals surface area contributed by atoms with Gasteiger partial charge in [-0.3, -0.25) is 5.10 Å². The zero-order chi connectivity index (χ0) is 50.4. The minimum absolute atomic E-state index is 0.113. The van der Waals surface area contributed by atoms with E-state index in [2.05, 4.69) is 39.9 Å². The Morgan fingerprint density at radius 2 is 0.945 bits per heavy atom. The molecule has 9 aromatic rings. The maximum atomic E-state index is 13.5. The van der Waals surface area contributed by atoms with Crippen molar-refractivity contribution in [1.29, 1.82) is 0 Å². The monoisotopic (exact) mass is 1000 g/mol. The van der Waals surface area contributed by atoms with E-state index in [1.54, 1.807) is 30.6 Å². The van der Waals surface area contributed by atoms with Gasteiger partial charge in [0.15, 0.2) is 13.2 Å². The van der Waals surface area contributed by atoms with Gasteiger partial charge >= 0.3 is 12.4 Å². The van der Waals surface area contributed by atoms with E-state index in [1.165, 1.54) is 12.4 Å². The lowest BCUT2D eigenvalue weighted by molar-refractivity contribution is -0.154. The molecule has 0 amide bonds. The highest BCUT2D eigenvalue weighted by Gasteiger charge is 2.42. The Labute approximate surface area is 414 Å². The molecule has 73 heavy (non-hydrogen) atoms. The largest absolute Gasteiger partial charge is 0.467 e. The molecule has 2 aliphatic heterocycles. The predicted octanol–water partition coefficient (Wildman–Crippen LogP) is 9.91. The Balaban J connectivity index is 0.000000192. The molecule has 3 aromatic carbocycles. The van der Waals surface area contributed by atoms with Gasteiger partial charge in [-0.25, -0.2) is 24.6 Å². The average Bonchev–Trinajstić information content (AvgIpc) is 4.05. The van der Waals surface area contributed by atoms with Crippen molar-refractivity contribution >= 4 is 33.4 Å². The fourth-order valence-electron chi connectivity index (χ4n) is 9.13. The van der Waals surface area contributed by atoms with Crippen LogP contribution in [0, 0.1) is 0 Å². The number of fused-ring (bicyclic) bond motifs is 2. The van der Waals surface area contributed by atoms with Crippen LogP contribution in [0.5, 0.6) is 11.8 Å². The number of alkyl halides is 6. The molecule has 2 fully saturated rings. The minimum atomic E-state index is -4.55. The number of morpholine rings is 2. The number of H-pyrrole nitrogens is 1. The van der Waals surface area contributed by atoms with E-state index in [0.717, 1.165) is 41.4 Å². The van der Waals surface area contributed by atoms with Crippen LogP contribution in [0.25, 0.3) is 44.3 Å². The van der Waals surface area contributed by atoms with Gasteiger partial charge in [0.25, 0.3) is 0 Å². The van der Waals surface area contributed by atoms with Gasteiger partial charge in [-0.05, 0) is 53.1 Å². The fourth-order valence-corrected chi connectivity index (χ4v) is 9.13. The first-order chi connectivity index (χ1) is 35.5. The molecule has 20 heteroatoms. The number of ether oxygens (including phenoxy) is 4. The van der Waals surface area contributed by atoms with Crippen molar-refractivity contribution in [3.8, 4) is 34.3 Å². The van der Waals surface area contributed by atoms with Crippen molar-refractivity contribution in [3.05, 3.63) is 169 Å². The van der Waals surface area contributed by atoms with Gasteiger partial charge in [0.2, 0.25) is 11.8 Å². The summed E-state index contributed by atoms with van der Waals surface area (Å²) in [5.74, 6) is 1.22. The maximum absolute atomic E-state index is 13.5. The summed E-state index contributed by atoms with van der Waals surface area (Å²) in [5.41, 5.74) is 5.12. The third kappa shape index (κ3) is 10.5. The van der Waals surface area contributed by atoms with Gasteiger partial charge in [0.1, 0.15) is 28.6 Å². The zero-order valence-electron chi connectivity index (χ0n) is 38.9. The molecule has 2 aliphatic rings. The van der Waals surface area contributed by atoms with Gasteiger partial charge in [-0.2, -0.15) is 36.5 Å². The Morgan fingerprint density at radius 1 is 0.507 bits per heavy atom.